The van der Waals surface area contributed by atoms with E-state index in [0.29, 0.717) is 17.9 Å². The summed E-state index contributed by atoms with van der Waals surface area (Å²) in [6, 6.07) is 15.5. The lowest BCUT2D eigenvalue weighted by atomic mass is 10.1. The predicted octanol–water partition coefficient (Wildman–Crippen LogP) is 3.48. The number of nitrogens with zero attached hydrogens (tertiary/aromatic N) is 2. The highest BCUT2D eigenvalue weighted by molar-refractivity contribution is 5.95. The van der Waals surface area contributed by atoms with E-state index in [1.807, 2.05) is 53.2 Å². The van der Waals surface area contributed by atoms with Crippen LogP contribution in [0, 0.1) is 0 Å². The third-order valence-electron chi connectivity index (χ3n) is 4.49. The lowest BCUT2D eigenvalue weighted by Crippen LogP contribution is -2.23. The first kappa shape index (κ1) is 17.1. The van der Waals surface area contributed by atoms with E-state index in [2.05, 4.69) is 17.3 Å². The van der Waals surface area contributed by atoms with Gasteiger partial charge in [-0.2, -0.15) is 5.10 Å². The summed E-state index contributed by atoms with van der Waals surface area (Å²) >= 11 is 0. The molecule has 6 nitrogen and oxygen atoms in total. The van der Waals surface area contributed by atoms with Gasteiger partial charge in [0, 0.05) is 6.54 Å². The van der Waals surface area contributed by atoms with E-state index in [-0.39, 0.29) is 12.7 Å². The van der Waals surface area contributed by atoms with Crippen LogP contribution < -0.4 is 14.8 Å². The molecule has 0 radical (unpaired) electrons. The van der Waals surface area contributed by atoms with Gasteiger partial charge in [0.15, 0.2) is 11.5 Å². The summed E-state index contributed by atoms with van der Waals surface area (Å²) < 4.78 is 12.5. The van der Waals surface area contributed by atoms with Crippen LogP contribution in [0.2, 0.25) is 0 Å². The molecular weight excluding hydrogens is 342 g/mol. The minimum atomic E-state index is -0.127. The molecule has 0 saturated heterocycles. The maximum Gasteiger partial charge on any atom is 0.255 e. The molecule has 1 amide bonds. The number of rotatable bonds is 6. The Kier molecular flexibility index (Phi) is 4.78. The Morgan fingerprint density at radius 2 is 1.96 bits per heavy atom. The molecule has 2 heterocycles. The minimum Gasteiger partial charge on any atom is -0.454 e. The zero-order chi connectivity index (χ0) is 18.6. The van der Waals surface area contributed by atoms with Crippen molar-refractivity contribution < 1.29 is 14.3 Å². The van der Waals surface area contributed by atoms with Gasteiger partial charge in [0.2, 0.25) is 6.79 Å². The monoisotopic (exact) mass is 363 g/mol. The van der Waals surface area contributed by atoms with Crippen LogP contribution in [0.5, 0.6) is 11.5 Å². The van der Waals surface area contributed by atoms with Crippen molar-refractivity contribution in [1.82, 2.24) is 15.1 Å². The van der Waals surface area contributed by atoms with Crippen LogP contribution >= 0.6 is 0 Å². The van der Waals surface area contributed by atoms with Crippen LogP contribution in [0.1, 0.15) is 35.0 Å². The third kappa shape index (κ3) is 3.51. The fourth-order valence-corrected chi connectivity index (χ4v) is 3.16. The number of amides is 1. The van der Waals surface area contributed by atoms with Crippen LogP contribution in [0.3, 0.4) is 0 Å². The molecule has 2 aromatic carbocycles. The molecule has 4 rings (SSSR count). The fraction of sp³-hybridized carbons (Fsp3) is 0.238. The summed E-state index contributed by atoms with van der Waals surface area (Å²) in [5, 5.41) is 7.43. The first-order valence-electron chi connectivity index (χ1n) is 9.05. The summed E-state index contributed by atoms with van der Waals surface area (Å²) in [5.74, 6) is 1.32. The molecule has 27 heavy (non-hydrogen) atoms. The van der Waals surface area contributed by atoms with Gasteiger partial charge in [0.05, 0.1) is 23.1 Å². The van der Waals surface area contributed by atoms with Crippen molar-refractivity contribution in [3.63, 3.8) is 0 Å². The van der Waals surface area contributed by atoms with Gasteiger partial charge in [-0.15, -0.1) is 0 Å². The van der Waals surface area contributed by atoms with Crippen molar-refractivity contribution in [1.29, 1.82) is 0 Å². The van der Waals surface area contributed by atoms with Crippen LogP contribution in [-0.2, 0) is 13.0 Å². The highest BCUT2D eigenvalue weighted by Crippen LogP contribution is 2.32. The van der Waals surface area contributed by atoms with Gasteiger partial charge in [0.25, 0.3) is 5.91 Å². The summed E-state index contributed by atoms with van der Waals surface area (Å²) in [7, 11) is 0. The van der Waals surface area contributed by atoms with Crippen molar-refractivity contribution in [3.8, 4) is 17.2 Å². The molecule has 0 atom stereocenters. The van der Waals surface area contributed by atoms with Gasteiger partial charge in [-0.05, 0) is 36.2 Å². The van der Waals surface area contributed by atoms with E-state index in [4.69, 9.17) is 9.47 Å². The van der Waals surface area contributed by atoms with Crippen LogP contribution in [0.25, 0.3) is 5.69 Å². The molecule has 3 aromatic rings. The SMILES string of the molecule is CCCc1c(C(=O)NCc2ccc3c(c2)OCO3)cnn1-c1ccccc1. The molecule has 1 aliphatic rings. The van der Waals surface area contributed by atoms with Gasteiger partial charge in [-0.1, -0.05) is 37.6 Å². The maximum atomic E-state index is 12.8. The Morgan fingerprint density at radius 3 is 2.78 bits per heavy atom. The molecule has 1 aromatic heterocycles. The molecule has 6 heteroatoms. The Hall–Kier alpha value is -3.28. The minimum absolute atomic E-state index is 0.127. The molecule has 0 fully saturated rings. The first-order chi connectivity index (χ1) is 13.3. The van der Waals surface area contributed by atoms with Crippen LogP contribution in [0.4, 0.5) is 0 Å². The third-order valence-corrected chi connectivity index (χ3v) is 4.49. The molecule has 0 bridgehead atoms. The highest BCUT2D eigenvalue weighted by atomic mass is 16.7. The Labute approximate surface area is 157 Å². The molecule has 0 unspecified atom stereocenters. The Balaban J connectivity index is 1.52. The second-order valence-electron chi connectivity index (χ2n) is 6.37. The molecule has 138 valence electrons. The van der Waals surface area contributed by atoms with E-state index in [9.17, 15) is 4.79 Å². The Morgan fingerprint density at radius 1 is 1.15 bits per heavy atom. The molecule has 0 spiro atoms. The number of nitrogens with one attached hydrogen (secondary N) is 1. The van der Waals surface area contributed by atoms with Crippen LogP contribution in [-0.4, -0.2) is 22.5 Å². The van der Waals surface area contributed by atoms with Gasteiger partial charge in [0.1, 0.15) is 0 Å². The van der Waals surface area contributed by atoms with Gasteiger partial charge >= 0.3 is 0 Å². The lowest BCUT2D eigenvalue weighted by Gasteiger charge is -2.10. The number of para-hydroxylation sites is 1. The van der Waals surface area contributed by atoms with Crippen molar-refractivity contribution in [3.05, 3.63) is 71.5 Å². The van der Waals surface area contributed by atoms with E-state index in [1.54, 1.807) is 6.20 Å². The number of fused-ring (bicyclic) bond motifs is 1. The quantitative estimate of drug-likeness (QED) is 0.728. The first-order valence-corrected chi connectivity index (χ1v) is 9.05. The summed E-state index contributed by atoms with van der Waals surface area (Å²) in [6.07, 6.45) is 3.36. The number of hydrogen-bond donors (Lipinski definition) is 1. The summed E-state index contributed by atoms with van der Waals surface area (Å²) in [5.41, 5.74) is 3.45. The number of aromatic nitrogens is 2. The van der Waals surface area contributed by atoms with E-state index in [0.717, 1.165) is 35.5 Å². The van der Waals surface area contributed by atoms with E-state index in [1.165, 1.54) is 0 Å². The molecule has 0 aliphatic carbocycles. The smallest absolute Gasteiger partial charge is 0.255 e. The van der Waals surface area contributed by atoms with Gasteiger partial charge in [-0.25, -0.2) is 4.68 Å². The van der Waals surface area contributed by atoms with Crippen molar-refractivity contribution in [2.24, 2.45) is 0 Å². The molecule has 1 aliphatic heterocycles. The molecule has 0 saturated carbocycles. The maximum absolute atomic E-state index is 12.8. The van der Waals surface area contributed by atoms with Crippen molar-refractivity contribution in [2.45, 2.75) is 26.3 Å². The van der Waals surface area contributed by atoms with Crippen LogP contribution in [0.15, 0.2) is 54.7 Å². The fourth-order valence-electron chi connectivity index (χ4n) is 3.16. The second kappa shape index (κ2) is 7.53. The number of benzene rings is 2. The molecule has 1 N–H and O–H groups in total. The number of hydrogen-bond acceptors (Lipinski definition) is 4. The normalized spacial score (nSPS) is 12.2. The van der Waals surface area contributed by atoms with E-state index < -0.39 is 0 Å². The topological polar surface area (TPSA) is 65.4 Å². The number of carbonyl (C=O) groups is 1. The highest BCUT2D eigenvalue weighted by Gasteiger charge is 2.18. The predicted molar refractivity (Wildman–Crippen MR) is 101 cm³/mol. The van der Waals surface area contributed by atoms with Gasteiger partial charge < -0.3 is 14.8 Å². The Bertz CT molecular complexity index is 951. The van der Waals surface area contributed by atoms with Crippen molar-refractivity contribution >= 4 is 5.91 Å². The zero-order valence-corrected chi connectivity index (χ0v) is 15.1. The summed E-state index contributed by atoms with van der Waals surface area (Å²) in [6.45, 7) is 2.75. The number of ether oxygens (including phenoxy) is 2. The standard InChI is InChI=1S/C21H21N3O3/c1-2-6-18-17(13-23-24(18)16-7-4-3-5-8-16)21(25)22-12-15-9-10-19-20(11-15)27-14-26-19/h3-5,7-11,13H,2,6,12,14H2,1H3,(H,22,25). The van der Waals surface area contributed by atoms with E-state index >= 15 is 0 Å². The van der Waals surface area contributed by atoms with Gasteiger partial charge in [-0.3, -0.25) is 4.79 Å². The summed E-state index contributed by atoms with van der Waals surface area (Å²) in [4.78, 5) is 12.8. The largest absolute Gasteiger partial charge is 0.454 e. The zero-order valence-electron chi connectivity index (χ0n) is 15.1. The molecular formula is C21H21N3O3. The average molecular weight is 363 g/mol. The average Bonchev–Trinajstić information content (AvgIpc) is 3.33. The lowest BCUT2D eigenvalue weighted by molar-refractivity contribution is 0.0950. The number of carbonyl (C=O) groups excluding carboxylic acids is 1. The van der Waals surface area contributed by atoms with Crippen molar-refractivity contribution in [2.75, 3.05) is 6.79 Å². The second-order valence-corrected chi connectivity index (χ2v) is 6.37.